The molecular formula is C17H29N3. The molecule has 0 amide bonds. The highest BCUT2D eigenvalue weighted by atomic mass is 15.2. The van der Waals surface area contributed by atoms with Gasteiger partial charge >= 0.3 is 0 Å². The Morgan fingerprint density at radius 1 is 1.40 bits per heavy atom. The molecule has 1 fully saturated rings. The minimum atomic E-state index is 0.499. The Bertz CT molecular complexity index is 416. The number of aromatic nitrogens is 1. The van der Waals surface area contributed by atoms with Crippen molar-refractivity contribution in [2.24, 2.45) is 5.92 Å². The Hall–Kier alpha value is -0.930. The summed E-state index contributed by atoms with van der Waals surface area (Å²) in [6.45, 7) is 9.15. The number of aryl methyl sites for hydroxylation is 1. The molecule has 1 aromatic heterocycles. The number of likely N-dealkylation sites (tertiary alicyclic amines) is 1. The third-order valence-electron chi connectivity index (χ3n) is 4.57. The zero-order valence-corrected chi connectivity index (χ0v) is 13.4. The molecule has 0 spiro atoms. The molecule has 2 rings (SSSR count). The van der Waals surface area contributed by atoms with Crippen LogP contribution in [0.4, 0.5) is 0 Å². The molecule has 2 atom stereocenters. The summed E-state index contributed by atoms with van der Waals surface area (Å²) in [6.07, 6.45) is 7.95. The van der Waals surface area contributed by atoms with Crippen molar-refractivity contribution in [2.45, 2.75) is 52.1 Å². The summed E-state index contributed by atoms with van der Waals surface area (Å²) in [6, 6.07) is 3.23. The lowest BCUT2D eigenvalue weighted by Crippen LogP contribution is -2.40. The second-order valence-electron chi connectivity index (χ2n) is 6.32. The maximum atomic E-state index is 4.39. The minimum absolute atomic E-state index is 0.499. The van der Waals surface area contributed by atoms with Crippen LogP contribution in [0.5, 0.6) is 0 Å². The Morgan fingerprint density at radius 2 is 2.20 bits per heavy atom. The number of hydrogen-bond donors (Lipinski definition) is 1. The van der Waals surface area contributed by atoms with Crippen LogP contribution in [0, 0.1) is 12.8 Å². The van der Waals surface area contributed by atoms with Crippen LogP contribution in [0.1, 0.15) is 50.3 Å². The fourth-order valence-corrected chi connectivity index (χ4v) is 3.54. The lowest BCUT2D eigenvalue weighted by Gasteiger charge is -2.38. The third-order valence-corrected chi connectivity index (χ3v) is 4.57. The predicted molar refractivity (Wildman–Crippen MR) is 84.8 cm³/mol. The molecule has 0 radical (unpaired) electrons. The summed E-state index contributed by atoms with van der Waals surface area (Å²) < 4.78 is 0. The number of nitrogens with zero attached hydrogens (tertiary/aromatic N) is 2. The average Bonchev–Trinajstić information content (AvgIpc) is 2.62. The van der Waals surface area contributed by atoms with Gasteiger partial charge in [-0.1, -0.05) is 6.42 Å². The molecule has 0 bridgehead atoms. The van der Waals surface area contributed by atoms with Gasteiger partial charge in [0, 0.05) is 24.5 Å². The largest absolute Gasteiger partial charge is 0.319 e. The van der Waals surface area contributed by atoms with Gasteiger partial charge in [0.1, 0.15) is 0 Å². The van der Waals surface area contributed by atoms with Gasteiger partial charge in [-0.3, -0.25) is 9.88 Å². The number of pyridine rings is 1. The molecule has 20 heavy (non-hydrogen) atoms. The molecule has 1 N–H and O–H groups in total. The van der Waals surface area contributed by atoms with Gasteiger partial charge in [0.2, 0.25) is 0 Å². The van der Waals surface area contributed by atoms with E-state index in [-0.39, 0.29) is 0 Å². The molecule has 2 heterocycles. The van der Waals surface area contributed by atoms with Crippen molar-refractivity contribution >= 4 is 0 Å². The summed E-state index contributed by atoms with van der Waals surface area (Å²) in [5.74, 6) is 0.674. The molecule has 112 valence electrons. The Morgan fingerprint density at radius 3 is 2.85 bits per heavy atom. The summed E-state index contributed by atoms with van der Waals surface area (Å²) >= 11 is 0. The van der Waals surface area contributed by atoms with Crippen molar-refractivity contribution in [3.05, 3.63) is 29.6 Å². The first-order valence-electron chi connectivity index (χ1n) is 7.96. The van der Waals surface area contributed by atoms with E-state index in [1.165, 1.54) is 36.9 Å². The minimum Gasteiger partial charge on any atom is -0.319 e. The highest BCUT2D eigenvalue weighted by Crippen LogP contribution is 2.37. The lowest BCUT2D eigenvalue weighted by molar-refractivity contribution is 0.118. The summed E-state index contributed by atoms with van der Waals surface area (Å²) in [4.78, 5) is 7.07. The van der Waals surface area contributed by atoms with Gasteiger partial charge in [-0.15, -0.1) is 0 Å². The summed E-state index contributed by atoms with van der Waals surface area (Å²) in [5, 5.41) is 3.40. The van der Waals surface area contributed by atoms with Crippen LogP contribution in [0.3, 0.4) is 0 Å². The van der Waals surface area contributed by atoms with Crippen LogP contribution in [-0.4, -0.2) is 36.1 Å². The first kappa shape index (κ1) is 15.5. The Labute approximate surface area is 123 Å². The van der Waals surface area contributed by atoms with Gasteiger partial charge in [0.25, 0.3) is 0 Å². The normalized spacial score (nSPS) is 24.9. The van der Waals surface area contributed by atoms with Crippen LogP contribution >= 0.6 is 0 Å². The molecule has 0 aromatic carbocycles. The van der Waals surface area contributed by atoms with Crippen LogP contribution in [-0.2, 0) is 0 Å². The quantitative estimate of drug-likeness (QED) is 0.915. The average molecular weight is 275 g/mol. The van der Waals surface area contributed by atoms with E-state index in [0.29, 0.717) is 18.0 Å². The second kappa shape index (κ2) is 7.19. The van der Waals surface area contributed by atoms with Gasteiger partial charge < -0.3 is 5.32 Å². The molecule has 1 aromatic rings. The molecular weight excluding hydrogens is 246 g/mol. The van der Waals surface area contributed by atoms with Crippen molar-refractivity contribution in [1.82, 2.24) is 15.2 Å². The molecule has 0 saturated carbocycles. The van der Waals surface area contributed by atoms with E-state index in [1.807, 2.05) is 6.20 Å². The van der Waals surface area contributed by atoms with Gasteiger partial charge in [-0.05, 0) is 76.9 Å². The van der Waals surface area contributed by atoms with E-state index in [1.54, 1.807) is 0 Å². The van der Waals surface area contributed by atoms with E-state index in [2.05, 4.69) is 55.3 Å². The SMILES string of the molecule is CNCC1CCCCN(C(C)C)C1c1cnccc1C. The van der Waals surface area contributed by atoms with Gasteiger partial charge in [-0.2, -0.15) is 0 Å². The number of hydrogen-bond acceptors (Lipinski definition) is 3. The van der Waals surface area contributed by atoms with Crippen molar-refractivity contribution in [2.75, 3.05) is 20.1 Å². The van der Waals surface area contributed by atoms with Gasteiger partial charge in [0.05, 0.1) is 0 Å². The third kappa shape index (κ3) is 3.39. The fourth-order valence-electron chi connectivity index (χ4n) is 3.54. The molecule has 2 unspecified atom stereocenters. The van der Waals surface area contributed by atoms with Crippen LogP contribution in [0.25, 0.3) is 0 Å². The zero-order valence-electron chi connectivity index (χ0n) is 13.4. The molecule has 3 nitrogen and oxygen atoms in total. The zero-order chi connectivity index (χ0) is 14.5. The van der Waals surface area contributed by atoms with Gasteiger partial charge in [-0.25, -0.2) is 0 Å². The molecule has 1 aliphatic heterocycles. The van der Waals surface area contributed by atoms with E-state index < -0.39 is 0 Å². The maximum absolute atomic E-state index is 4.39. The standard InChI is InChI=1S/C17H29N3/c1-13(2)20-10-6-5-7-15(11-18-4)17(20)16-12-19-9-8-14(16)3/h8-9,12-13,15,17-18H,5-7,10-11H2,1-4H3. The molecule has 3 heteroatoms. The Kier molecular flexibility index (Phi) is 5.55. The Balaban J connectivity index is 2.39. The van der Waals surface area contributed by atoms with Crippen molar-refractivity contribution in [3.8, 4) is 0 Å². The number of rotatable bonds is 4. The van der Waals surface area contributed by atoms with Crippen LogP contribution in [0.15, 0.2) is 18.5 Å². The highest BCUT2D eigenvalue weighted by Gasteiger charge is 2.32. The fraction of sp³-hybridized carbons (Fsp3) is 0.706. The summed E-state index contributed by atoms with van der Waals surface area (Å²) in [5.41, 5.74) is 2.79. The number of nitrogens with one attached hydrogen (secondary N) is 1. The second-order valence-corrected chi connectivity index (χ2v) is 6.32. The summed E-state index contributed by atoms with van der Waals surface area (Å²) in [7, 11) is 2.07. The van der Waals surface area contributed by atoms with Crippen molar-refractivity contribution in [3.63, 3.8) is 0 Å². The molecule has 1 saturated heterocycles. The van der Waals surface area contributed by atoms with E-state index in [4.69, 9.17) is 0 Å². The topological polar surface area (TPSA) is 28.2 Å². The monoisotopic (exact) mass is 275 g/mol. The van der Waals surface area contributed by atoms with Gasteiger partial charge in [0.15, 0.2) is 0 Å². The van der Waals surface area contributed by atoms with E-state index >= 15 is 0 Å². The first-order chi connectivity index (χ1) is 9.65. The molecule has 0 aliphatic carbocycles. The van der Waals surface area contributed by atoms with E-state index in [9.17, 15) is 0 Å². The van der Waals surface area contributed by atoms with Crippen molar-refractivity contribution in [1.29, 1.82) is 0 Å². The smallest absolute Gasteiger partial charge is 0.0408 e. The highest BCUT2D eigenvalue weighted by molar-refractivity contribution is 5.26. The predicted octanol–water partition coefficient (Wildman–Crippen LogP) is 3.16. The van der Waals surface area contributed by atoms with Crippen LogP contribution < -0.4 is 5.32 Å². The van der Waals surface area contributed by atoms with Crippen molar-refractivity contribution < 1.29 is 0 Å². The molecule has 1 aliphatic rings. The lowest BCUT2D eigenvalue weighted by atomic mass is 9.87. The first-order valence-corrected chi connectivity index (χ1v) is 7.96. The maximum Gasteiger partial charge on any atom is 0.0408 e. The van der Waals surface area contributed by atoms with E-state index in [0.717, 1.165) is 6.54 Å². The van der Waals surface area contributed by atoms with Crippen LogP contribution in [0.2, 0.25) is 0 Å².